The molecular weight excluding hydrogens is 450 g/mol. The lowest BCUT2D eigenvalue weighted by molar-refractivity contribution is -0.117. The second-order valence-electron chi connectivity index (χ2n) is 9.40. The number of aromatic amines is 2. The number of hydrogen-bond acceptors (Lipinski definition) is 4. The molecule has 1 aliphatic carbocycles. The maximum absolute atomic E-state index is 12.2. The van der Waals surface area contributed by atoms with Crippen LogP contribution in [0.25, 0.3) is 50.0 Å². The highest BCUT2D eigenvalue weighted by Crippen LogP contribution is 2.34. The number of pyridine rings is 1. The van der Waals surface area contributed by atoms with E-state index >= 15 is 0 Å². The first-order valence-electron chi connectivity index (χ1n) is 12.0. The predicted octanol–water partition coefficient (Wildman–Crippen LogP) is 5.62. The molecule has 6 aromatic rings. The number of aromatic nitrogens is 6. The van der Waals surface area contributed by atoms with E-state index in [4.69, 9.17) is 0 Å². The van der Waals surface area contributed by atoms with Crippen LogP contribution in [0.3, 0.4) is 0 Å². The van der Waals surface area contributed by atoms with Crippen molar-refractivity contribution in [2.24, 2.45) is 5.92 Å². The lowest BCUT2D eigenvalue weighted by atomic mass is 10.0. The van der Waals surface area contributed by atoms with Crippen LogP contribution < -0.4 is 5.32 Å². The first-order valence-corrected chi connectivity index (χ1v) is 12.0. The van der Waals surface area contributed by atoms with E-state index in [0.717, 1.165) is 74.2 Å². The average molecular weight is 474 g/mol. The van der Waals surface area contributed by atoms with Crippen molar-refractivity contribution in [3.63, 3.8) is 0 Å². The largest absolute Gasteiger partial charge is 0.353 e. The molecule has 1 aliphatic rings. The predicted molar refractivity (Wildman–Crippen MR) is 140 cm³/mol. The molecule has 2 aromatic carbocycles. The van der Waals surface area contributed by atoms with Crippen LogP contribution in [0, 0.1) is 12.8 Å². The summed E-state index contributed by atoms with van der Waals surface area (Å²) < 4.78 is 2.04. The number of nitrogens with zero attached hydrogens (tertiary/aromatic N) is 4. The number of benzene rings is 2. The van der Waals surface area contributed by atoms with Crippen molar-refractivity contribution in [1.29, 1.82) is 0 Å². The lowest BCUT2D eigenvalue weighted by Gasteiger charge is -2.07. The van der Waals surface area contributed by atoms with Gasteiger partial charge in [0.15, 0.2) is 0 Å². The zero-order valence-electron chi connectivity index (χ0n) is 19.6. The molecule has 0 aliphatic heterocycles. The van der Waals surface area contributed by atoms with Gasteiger partial charge in [0.2, 0.25) is 5.91 Å². The third kappa shape index (κ3) is 3.54. The van der Waals surface area contributed by atoms with Gasteiger partial charge < -0.3 is 14.9 Å². The Morgan fingerprint density at radius 1 is 1.03 bits per heavy atom. The smallest absolute Gasteiger partial charge is 0.227 e. The number of hydrogen-bond donors (Lipinski definition) is 3. The van der Waals surface area contributed by atoms with Gasteiger partial charge in [-0.2, -0.15) is 5.10 Å². The monoisotopic (exact) mass is 473 g/mol. The standard InChI is InChI=1S/C28H23N7O/c1-16-14-35(15-30-16)26-4-2-3-23-21(26)11-25(32-23)27-22-10-18(7-8-24(22)33-34-27)19-9-20(13-29-12-19)31-28(36)17-5-6-17/h2-4,7-15,17,32H,5-6H2,1H3,(H,31,36)(H,33,34). The average Bonchev–Trinajstić information content (AvgIpc) is 3.30. The van der Waals surface area contributed by atoms with Gasteiger partial charge in [-0.1, -0.05) is 12.1 Å². The van der Waals surface area contributed by atoms with Gasteiger partial charge in [0.25, 0.3) is 0 Å². The SMILES string of the molecule is Cc1cn(-c2cccc3[nH]c(-c4n[nH]c5ccc(-c6cncc(NC(=O)C7CC7)c6)cc45)cc23)cn1. The van der Waals surface area contributed by atoms with E-state index in [1.807, 2.05) is 54.5 Å². The van der Waals surface area contributed by atoms with E-state index < -0.39 is 0 Å². The Hall–Kier alpha value is -4.72. The van der Waals surface area contributed by atoms with Gasteiger partial charge in [0, 0.05) is 40.2 Å². The third-order valence-electron chi connectivity index (χ3n) is 6.74. The molecule has 4 aromatic heterocycles. The second-order valence-corrected chi connectivity index (χ2v) is 9.40. The maximum atomic E-state index is 12.2. The van der Waals surface area contributed by atoms with E-state index in [0.29, 0.717) is 0 Å². The van der Waals surface area contributed by atoms with E-state index in [1.54, 1.807) is 6.20 Å². The van der Waals surface area contributed by atoms with E-state index in [-0.39, 0.29) is 11.8 Å². The molecule has 176 valence electrons. The van der Waals surface area contributed by atoms with Crippen molar-refractivity contribution in [3.8, 4) is 28.2 Å². The number of rotatable bonds is 5. The van der Waals surface area contributed by atoms with Crippen LogP contribution in [0.2, 0.25) is 0 Å². The minimum atomic E-state index is 0.0746. The highest BCUT2D eigenvalue weighted by atomic mass is 16.2. The molecule has 0 bridgehead atoms. The minimum absolute atomic E-state index is 0.0746. The molecule has 0 saturated heterocycles. The summed E-state index contributed by atoms with van der Waals surface area (Å²) in [7, 11) is 0. The van der Waals surface area contributed by atoms with Crippen LogP contribution >= 0.6 is 0 Å². The number of amides is 1. The van der Waals surface area contributed by atoms with Crippen LogP contribution in [0.4, 0.5) is 5.69 Å². The fourth-order valence-electron chi connectivity index (χ4n) is 4.70. The summed E-state index contributed by atoms with van der Waals surface area (Å²) in [6.45, 7) is 1.99. The number of imidazole rings is 1. The minimum Gasteiger partial charge on any atom is -0.353 e. The summed E-state index contributed by atoms with van der Waals surface area (Å²) in [6.07, 6.45) is 9.30. The third-order valence-corrected chi connectivity index (χ3v) is 6.74. The molecule has 1 fully saturated rings. The Bertz CT molecular complexity index is 1770. The van der Waals surface area contributed by atoms with E-state index in [1.165, 1.54) is 0 Å². The number of carbonyl (C=O) groups is 1. The normalized spacial score (nSPS) is 13.5. The highest BCUT2D eigenvalue weighted by Gasteiger charge is 2.29. The first kappa shape index (κ1) is 20.6. The molecular formula is C28H23N7O. The Morgan fingerprint density at radius 3 is 2.78 bits per heavy atom. The van der Waals surface area contributed by atoms with Gasteiger partial charge in [-0.25, -0.2) is 4.98 Å². The molecule has 36 heavy (non-hydrogen) atoms. The topological polar surface area (TPSA) is 104 Å². The van der Waals surface area contributed by atoms with Crippen molar-refractivity contribution in [2.45, 2.75) is 19.8 Å². The molecule has 3 N–H and O–H groups in total. The van der Waals surface area contributed by atoms with Crippen molar-refractivity contribution < 1.29 is 4.79 Å². The molecule has 0 atom stereocenters. The molecule has 0 unspecified atom stereocenters. The molecule has 4 heterocycles. The highest BCUT2D eigenvalue weighted by molar-refractivity contribution is 6.00. The van der Waals surface area contributed by atoms with E-state index in [9.17, 15) is 4.79 Å². The quantitative estimate of drug-likeness (QED) is 0.302. The van der Waals surface area contributed by atoms with Gasteiger partial charge in [0.05, 0.1) is 40.8 Å². The number of carbonyl (C=O) groups excluding carboxylic acids is 1. The van der Waals surface area contributed by atoms with Gasteiger partial charge in [-0.15, -0.1) is 0 Å². The second kappa shape index (κ2) is 7.91. The lowest BCUT2D eigenvalue weighted by Crippen LogP contribution is -2.13. The summed E-state index contributed by atoms with van der Waals surface area (Å²) in [5.41, 5.74) is 8.45. The Balaban J connectivity index is 1.28. The van der Waals surface area contributed by atoms with Crippen LogP contribution in [0.1, 0.15) is 18.5 Å². The van der Waals surface area contributed by atoms with Gasteiger partial charge >= 0.3 is 0 Å². The van der Waals surface area contributed by atoms with Crippen LogP contribution in [0.15, 0.2) is 73.4 Å². The number of anilines is 1. The van der Waals surface area contributed by atoms with Crippen LogP contribution in [-0.2, 0) is 4.79 Å². The van der Waals surface area contributed by atoms with Crippen LogP contribution in [0.5, 0.6) is 0 Å². The molecule has 8 nitrogen and oxygen atoms in total. The van der Waals surface area contributed by atoms with Crippen molar-refractivity contribution in [3.05, 3.63) is 79.1 Å². The molecule has 1 amide bonds. The van der Waals surface area contributed by atoms with Gasteiger partial charge in [-0.3, -0.25) is 14.9 Å². The molecule has 0 spiro atoms. The Morgan fingerprint density at radius 2 is 1.94 bits per heavy atom. The van der Waals surface area contributed by atoms with Gasteiger partial charge in [0.1, 0.15) is 5.69 Å². The fraction of sp³-hybridized carbons (Fsp3) is 0.143. The van der Waals surface area contributed by atoms with E-state index in [2.05, 4.69) is 54.7 Å². The van der Waals surface area contributed by atoms with Crippen molar-refractivity contribution >= 4 is 33.4 Å². The maximum Gasteiger partial charge on any atom is 0.227 e. The van der Waals surface area contributed by atoms with Gasteiger partial charge in [-0.05, 0) is 61.7 Å². The number of fused-ring (bicyclic) bond motifs is 2. The number of aryl methyl sites for hydroxylation is 1. The van der Waals surface area contributed by atoms with Crippen molar-refractivity contribution in [1.82, 2.24) is 29.7 Å². The summed E-state index contributed by atoms with van der Waals surface area (Å²) in [4.78, 5) is 24.5. The molecule has 0 radical (unpaired) electrons. The fourth-order valence-corrected chi connectivity index (χ4v) is 4.70. The summed E-state index contributed by atoms with van der Waals surface area (Å²) in [6, 6.07) is 16.5. The van der Waals surface area contributed by atoms with Crippen LogP contribution in [-0.4, -0.2) is 35.6 Å². The number of nitrogens with one attached hydrogen (secondary N) is 3. The van der Waals surface area contributed by atoms with Crippen molar-refractivity contribution in [2.75, 3.05) is 5.32 Å². The number of H-pyrrole nitrogens is 2. The Kier molecular flexibility index (Phi) is 4.54. The zero-order valence-corrected chi connectivity index (χ0v) is 19.6. The summed E-state index contributed by atoms with van der Waals surface area (Å²) in [5.74, 6) is 0.221. The Labute approximate surface area is 206 Å². The zero-order chi connectivity index (χ0) is 24.2. The first-order chi connectivity index (χ1) is 17.6. The summed E-state index contributed by atoms with van der Waals surface area (Å²) in [5, 5.41) is 12.9. The summed E-state index contributed by atoms with van der Waals surface area (Å²) >= 11 is 0. The molecule has 7 rings (SSSR count). The molecule has 1 saturated carbocycles. The molecule has 8 heteroatoms.